The van der Waals surface area contributed by atoms with E-state index in [1.165, 1.54) is 0 Å². The zero-order valence-electron chi connectivity index (χ0n) is 11.0. The third-order valence-electron chi connectivity index (χ3n) is 2.21. The molecule has 6 heteroatoms. The summed E-state index contributed by atoms with van der Waals surface area (Å²) >= 11 is 5.01. The summed E-state index contributed by atoms with van der Waals surface area (Å²) in [4.78, 5) is 0. The van der Waals surface area contributed by atoms with Gasteiger partial charge in [0.15, 0.2) is 5.11 Å². The molecule has 0 unspecified atom stereocenters. The summed E-state index contributed by atoms with van der Waals surface area (Å²) in [6.07, 6.45) is 3.33. The van der Waals surface area contributed by atoms with Crippen LogP contribution in [0.4, 0.5) is 0 Å². The molecule has 0 spiro atoms. The fraction of sp³-hybridized carbons (Fsp3) is 0.231. The number of benzene rings is 1. The van der Waals surface area contributed by atoms with Crippen LogP contribution in [0.5, 0.6) is 11.5 Å². The number of hydrogen-bond donors (Lipinski definition) is 2. The number of hydrazone groups is 1. The van der Waals surface area contributed by atoms with Gasteiger partial charge in [-0.3, -0.25) is 5.43 Å². The number of hydrogen-bond acceptors (Lipinski definition) is 4. The van der Waals surface area contributed by atoms with Crippen molar-refractivity contribution in [3.8, 4) is 11.5 Å². The van der Waals surface area contributed by atoms with Gasteiger partial charge in [0.2, 0.25) is 0 Å². The van der Waals surface area contributed by atoms with Crippen molar-refractivity contribution in [1.82, 2.24) is 10.7 Å². The number of thiocarbonyl (C=S) groups is 1. The highest BCUT2D eigenvalue weighted by Gasteiger charge is 2.02. The molecule has 2 N–H and O–H groups in total. The minimum absolute atomic E-state index is 0.429. The van der Waals surface area contributed by atoms with Crippen LogP contribution < -0.4 is 20.2 Å². The fourth-order valence-electron chi connectivity index (χ4n) is 1.31. The lowest BCUT2D eigenvalue weighted by Crippen LogP contribution is -2.31. The molecule has 0 fully saturated rings. The molecular formula is C13H17N3O2S. The molecule has 0 saturated heterocycles. The van der Waals surface area contributed by atoms with E-state index in [0.717, 1.165) is 11.3 Å². The Bertz CT molecular complexity index is 475. The van der Waals surface area contributed by atoms with Crippen molar-refractivity contribution >= 4 is 23.5 Å². The molecular weight excluding hydrogens is 262 g/mol. The van der Waals surface area contributed by atoms with Crippen molar-refractivity contribution in [2.75, 3.05) is 20.8 Å². The molecule has 1 rings (SSSR count). The lowest BCUT2D eigenvalue weighted by molar-refractivity contribution is 0.402. The summed E-state index contributed by atoms with van der Waals surface area (Å²) in [5.41, 5.74) is 3.49. The maximum Gasteiger partial charge on any atom is 0.187 e. The molecule has 0 bridgehead atoms. The molecule has 5 nitrogen and oxygen atoms in total. The van der Waals surface area contributed by atoms with Crippen molar-refractivity contribution in [3.63, 3.8) is 0 Å². The van der Waals surface area contributed by atoms with E-state index in [9.17, 15) is 0 Å². The topological polar surface area (TPSA) is 54.9 Å². The van der Waals surface area contributed by atoms with Gasteiger partial charge in [0, 0.05) is 12.1 Å². The Hall–Kier alpha value is -2.08. The second-order valence-electron chi connectivity index (χ2n) is 3.48. The van der Waals surface area contributed by atoms with Gasteiger partial charge >= 0.3 is 0 Å². The predicted molar refractivity (Wildman–Crippen MR) is 81.1 cm³/mol. The van der Waals surface area contributed by atoms with Crippen LogP contribution in [0.3, 0.4) is 0 Å². The van der Waals surface area contributed by atoms with Gasteiger partial charge in [0.05, 0.1) is 20.4 Å². The average Bonchev–Trinajstić information content (AvgIpc) is 2.44. The summed E-state index contributed by atoms with van der Waals surface area (Å²) in [6, 6.07) is 5.46. The Morgan fingerprint density at radius 3 is 2.84 bits per heavy atom. The van der Waals surface area contributed by atoms with Crippen LogP contribution in [0.15, 0.2) is 36.0 Å². The normalized spacial score (nSPS) is 10.0. The maximum absolute atomic E-state index is 5.23. The number of rotatable bonds is 6. The van der Waals surface area contributed by atoms with Gasteiger partial charge in [-0.25, -0.2) is 0 Å². The van der Waals surface area contributed by atoms with Gasteiger partial charge in [-0.15, -0.1) is 6.58 Å². The molecule has 1 aromatic carbocycles. The van der Waals surface area contributed by atoms with E-state index in [1.54, 1.807) is 26.5 Å². The minimum atomic E-state index is 0.429. The van der Waals surface area contributed by atoms with Gasteiger partial charge in [-0.1, -0.05) is 6.08 Å². The molecule has 0 atom stereocenters. The SMILES string of the molecule is C=CCNC(=S)N/N=C\c1cc(OC)ccc1OC. The van der Waals surface area contributed by atoms with Crippen molar-refractivity contribution in [1.29, 1.82) is 0 Å². The zero-order valence-corrected chi connectivity index (χ0v) is 11.8. The minimum Gasteiger partial charge on any atom is -0.497 e. The standard InChI is InChI=1S/C13H17N3O2S/c1-4-7-14-13(19)16-15-9-10-8-11(17-2)5-6-12(10)18-3/h4-6,8-9H,1,7H2,2-3H3,(H2,14,16,19)/b15-9-. The lowest BCUT2D eigenvalue weighted by Gasteiger charge is -2.07. The van der Waals surface area contributed by atoms with Gasteiger partial charge in [-0.05, 0) is 30.4 Å². The molecule has 0 amide bonds. The maximum atomic E-state index is 5.23. The van der Waals surface area contributed by atoms with Crippen LogP contribution in [-0.2, 0) is 0 Å². The third kappa shape index (κ3) is 4.97. The van der Waals surface area contributed by atoms with Crippen molar-refractivity contribution < 1.29 is 9.47 Å². The number of ether oxygens (including phenoxy) is 2. The fourth-order valence-corrected chi connectivity index (χ4v) is 1.44. The van der Waals surface area contributed by atoms with Gasteiger partial charge < -0.3 is 14.8 Å². The van der Waals surface area contributed by atoms with Crippen molar-refractivity contribution in [2.45, 2.75) is 0 Å². The quantitative estimate of drug-likeness (QED) is 0.359. The summed E-state index contributed by atoms with van der Waals surface area (Å²) in [7, 11) is 3.21. The van der Waals surface area contributed by atoms with E-state index in [4.69, 9.17) is 21.7 Å². The van der Waals surface area contributed by atoms with Crippen LogP contribution in [-0.4, -0.2) is 32.1 Å². The second kappa shape index (κ2) is 8.10. The van der Waals surface area contributed by atoms with E-state index in [2.05, 4.69) is 22.4 Å². The molecule has 102 valence electrons. The highest BCUT2D eigenvalue weighted by atomic mass is 32.1. The van der Waals surface area contributed by atoms with Gasteiger partial charge in [0.1, 0.15) is 11.5 Å². The van der Waals surface area contributed by atoms with E-state index in [-0.39, 0.29) is 0 Å². The number of methoxy groups -OCH3 is 2. The van der Waals surface area contributed by atoms with Crippen LogP contribution in [0, 0.1) is 0 Å². The van der Waals surface area contributed by atoms with Crippen LogP contribution in [0.2, 0.25) is 0 Å². The summed E-state index contributed by atoms with van der Waals surface area (Å²) in [5.74, 6) is 1.44. The molecule has 0 saturated carbocycles. The van der Waals surface area contributed by atoms with E-state index < -0.39 is 0 Å². The molecule has 0 aliphatic carbocycles. The Morgan fingerprint density at radius 2 is 2.21 bits per heavy atom. The van der Waals surface area contributed by atoms with Crippen molar-refractivity contribution in [3.05, 3.63) is 36.4 Å². The first-order valence-electron chi connectivity index (χ1n) is 5.61. The monoisotopic (exact) mass is 279 g/mol. The zero-order chi connectivity index (χ0) is 14.1. The van der Waals surface area contributed by atoms with E-state index in [0.29, 0.717) is 17.4 Å². The Balaban J connectivity index is 2.69. The smallest absolute Gasteiger partial charge is 0.187 e. The molecule has 0 aromatic heterocycles. The molecule has 19 heavy (non-hydrogen) atoms. The summed E-state index contributed by atoms with van der Waals surface area (Å²) < 4.78 is 10.4. The first-order chi connectivity index (χ1) is 9.21. The average molecular weight is 279 g/mol. The first kappa shape index (κ1) is 15.0. The van der Waals surface area contributed by atoms with E-state index >= 15 is 0 Å². The number of nitrogens with zero attached hydrogens (tertiary/aromatic N) is 1. The Morgan fingerprint density at radius 1 is 1.42 bits per heavy atom. The van der Waals surface area contributed by atoms with Gasteiger partial charge in [0.25, 0.3) is 0 Å². The summed E-state index contributed by atoms with van der Waals surface area (Å²) in [6.45, 7) is 4.17. The second-order valence-corrected chi connectivity index (χ2v) is 3.88. The largest absolute Gasteiger partial charge is 0.497 e. The molecule has 1 aromatic rings. The van der Waals surface area contributed by atoms with Crippen LogP contribution in [0.1, 0.15) is 5.56 Å². The third-order valence-corrected chi connectivity index (χ3v) is 2.45. The van der Waals surface area contributed by atoms with Gasteiger partial charge in [-0.2, -0.15) is 5.10 Å². The Kier molecular flexibility index (Phi) is 6.38. The predicted octanol–water partition coefficient (Wildman–Crippen LogP) is 1.69. The molecule has 0 radical (unpaired) electrons. The highest BCUT2D eigenvalue weighted by Crippen LogP contribution is 2.22. The summed E-state index contributed by atoms with van der Waals surface area (Å²) in [5, 5.41) is 7.36. The Labute approximate surface area is 118 Å². The van der Waals surface area contributed by atoms with E-state index in [1.807, 2.05) is 18.2 Å². The number of nitrogens with one attached hydrogen (secondary N) is 2. The first-order valence-corrected chi connectivity index (χ1v) is 6.02. The molecule has 0 heterocycles. The van der Waals surface area contributed by atoms with Crippen LogP contribution >= 0.6 is 12.2 Å². The molecule has 0 aliphatic rings. The van der Waals surface area contributed by atoms with Crippen molar-refractivity contribution in [2.24, 2.45) is 5.10 Å². The highest BCUT2D eigenvalue weighted by molar-refractivity contribution is 7.80. The lowest BCUT2D eigenvalue weighted by atomic mass is 10.2. The van der Waals surface area contributed by atoms with Crippen LogP contribution in [0.25, 0.3) is 0 Å². The molecule has 0 aliphatic heterocycles.